The van der Waals surface area contributed by atoms with Crippen molar-refractivity contribution in [1.82, 2.24) is 4.90 Å². The predicted molar refractivity (Wildman–Crippen MR) is 118 cm³/mol. The number of aliphatic hydroxyl groups excluding tert-OH is 1. The number of ketones is 1. The number of nitrogens with zero attached hydrogens (tertiary/aromatic N) is 1. The fraction of sp³-hybridized carbons (Fsp3) is 0.167. The monoisotopic (exact) mass is 455 g/mol. The first-order valence-corrected chi connectivity index (χ1v) is 10.5. The number of carbonyl (C=O) groups is 2. The molecule has 2 aromatic carbocycles. The molecule has 7 heteroatoms. The SMILES string of the molecule is Cc1ccc(C(=O)C2=C(O)C(=O)N(CCc3ccccc3)C2c2ccc(Cl)c(Cl)c2)o1. The molecule has 1 amide bonds. The van der Waals surface area contributed by atoms with Crippen LogP contribution in [0.3, 0.4) is 0 Å². The first kappa shape index (κ1) is 21.2. The van der Waals surface area contributed by atoms with Gasteiger partial charge in [0.25, 0.3) is 5.91 Å². The molecule has 1 aliphatic heterocycles. The Balaban J connectivity index is 1.75. The summed E-state index contributed by atoms with van der Waals surface area (Å²) >= 11 is 12.3. The highest BCUT2D eigenvalue weighted by Crippen LogP contribution is 2.40. The molecule has 1 atom stereocenters. The number of aliphatic hydroxyl groups is 1. The van der Waals surface area contributed by atoms with Crippen molar-refractivity contribution in [2.45, 2.75) is 19.4 Å². The Morgan fingerprint density at radius 3 is 2.45 bits per heavy atom. The third kappa shape index (κ3) is 4.11. The Morgan fingerprint density at radius 1 is 1.06 bits per heavy atom. The van der Waals surface area contributed by atoms with Crippen LogP contribution in [0.5, 0.6) is 0 Å². The lowest BCUT2D eigenvalue weighted by molar-refractivity contribution is -0.129. The van der Waals surface area contributed by atoms with E-state index in [0.717, 1.165) is 5.56 Å². The van der Waals surface area contributed by atoms with E-state index in [4.69, 9.17) is 27.6 Å². The fourth-order valence-corrected chi connectivity index (χ4v) is 4.04. The summed E-state index contributed by atoms with van der Waals surface area (Å²) in [5.41, 5.74) is 1.57. The Morgan fingerprint density at radius 2 is 1.81 bits per heavy atom. The van der Waals surface area contributed by atoms with E-state index in [1.807, 2.05) is 30.3 Å². The normalized spacial score (nSPS) is 16.3. The summed E-state index contributed by atoms with van der Waals surface area (Å²) < 4.78 is 5.46. The molecule has 0 aliphatic carbocycles. The first-order valence-electron chi connectivity index (χ1n) is 9.71. The summed E-state index contributed by atoms with van der Waals surface area (Å²) in [6.45, 7) is 2.01. The number of Topliss-reactive ketones (excluding diaryl/α,β-unsaturated/α-hetero) is 1. The van der Waals surface area contributed by atoms with E-state index in [9.17, 15) is 14.7 Å². The highest BCUT2D eigenvalue weighted by Gasteiger charge is 2.44. The van der Waals surface area contributed by atoms with Gasteiger partial charge in [-0.25, -0.2) is 0 Å². The summed E-state index contributed by atoms with van der Waals surface area (Å²) in [6.07, 6.45) is 0.555. The standard InChI is InChI=1S/C24H19Cl2NO4/c1-14-7-10-19(31-14)22(28)20-21(16-8-9-17(25)18(26)13-16)27(24(30)23(20)29)12-11-15-5-3-2-4-6-15/h2-10,13,21,29H,11-12H2,1H3. The minimum absolute atomic E-state index is 0.0363. The number of benzene rings is 2. The van der Waals surface area contributed by atoms with E-state index in [1.54, 1.807) is 31.2 Å². The second-order valence-electron chi connectivity index (χ2n) is 7.31. The van der Waals surface area contributed by atoms with Gasteiger partial charge in [0, 0.05) is 6.54 Å². The zero-order chi connectivity index (χ0) is 22.1. The fourth-order valence-electron chi connectivity index (χ4n) is 3.73. The molecule has 158 valence electrons. The van der Waals surface area contributed by atoms with Crippen LogP contribution in [0.15, 0.2) is 76.4 Å². The molecule has 1 N–H and O–H groups in total. The molecule has 5 nitrogen and oxygen atoms in total. The van der Waals surface area contributed by atoms with Crippen LogP contribution >= 0.6 is 23.2 Å². The molecular formula is C24H19Cl2NO4. The van der Waals surface area contributed by atoms with E-state index >= 15 is 0 Å². The van der Waals surface area contributed by atoms with Crippen LogP contribution in [0, 0.1) is 6.92 Å². The molecule has 1 unspecified atom stereocenters. The number of halogens is 2. The molecule has 1 aliphatic rings. The maximum atomic E-state index is 13.2. The summed E-state index contributed by atoms with van der Waals surface area (Å²) in [7, 11) is 0. The molecule has 31 heavy (non-hydrogen) atoms. The second-order valence-corrected chi connectivity index (χ2v) is 8.13. The summed E-state index contributed by atoms with van der Waals surface area (Å²) in [5.74, 6) is -1.12. The Bertz CT molecular complexity index is 1180. The Labute approximate surface area is 189 Å². The smallest absolute Gasteiger partial charge is 0.290 e. The van der Waals surface area contributed by atoms with Crippen LogP contribution in [-0.4, -0.2) is 28.2 Å². The van der Waals surface area contributed by atoms with Gasteiger partial charge in [0.2, 0.25) is 5.78 Å². The van der Waals surface area contributed by atoms with Crippen molar-refractivity contribution in [3.05, 3.63) is 105 Å². The Hall–Kier alpha value is -3.02. The minimum atomic E-state index is -0.816. The molecule has 3 aromatic rings. The van der Waals surface area contributed by atoms with Crippen molar-refractivity contribution >= 4 is 34.9 Å². The molecule has 0 fully saturated rings. The van der Waals surface area contributed by atoms with Gasteiger partial charge in [0.15, 0.2) is 11.5 Å². The molecule has 4 rings (SSSR count). The van der Waals surface area contributed by atoms with Crippen molar-refractivity contribution < 1.29 is 19.1 Å². The van der Waals surface area contributed by atoms with Crippen molar-refractivity contribution in [2.75, 3.05) is 6.54 Å². The second kappa shape index (κ2) is 8.61. The third-order valence-corrected chi connectivity index (χ3v) is 6.00. The van der Waals surface area contributed by atoms with E-state index in [1.165, 1.54) is 11.0 Å². The predicted octanol–water partition coefficient (Wildman–Crippen LogP) is 5.72. The average Bonchev–Trinajstić information content (AvgIpc) is 3.30. The molecule has 0 saturated heterocycles. The summed E-state index contributed by atoms with van der Waals surface area (Å²) in [4.78, 5) is 27.7. The molecule has 0 saturated carbocycles. The molecule has 1 aromatic heterocycles. The lowest BCUT2D eigenvalue weighted by Crippen LogP contribution is -2.33. The van der Waals surface area contributed by atoms with Gasteiger partial charge in [0.05, 0.1) is 21.7 Å². The first-order chi connectivity index (χ1) is 14.9. The van der Waals surface area contributed by atoms with Crippen LogP contribution in [0.1, 0.15) is 33.5 Å². The topological polar surface area (TPSA) is 70.8 Å². The van der Waals surface area contributed by atoms with Crippen molar-refractivity contribution in [3.63, 3.8) is 0 Å². The van der Waals surface area contributed by atoms with E-state index in [-0.39, 0.29) is 11.3 Å². The number of furan rings is 1. The lowest BCUT2D eigenvalue weighted by atomic mass is 9.95. The zero-order valence-corrected chi connectivity index (χ0v) is 18.2. The van der Waals surface area contributed by atoms with E-state index in [2.05, 4.69) is 0 Å². The van der Waals surface area contributed by atoms with Crippen LogP contribution in [0.4, 0.5) is 0 Å². The molecule has 0 bridgehead atoms. The van der Waals surface area contributed by atoms with Crippen LogP contribution < -0.4 is 0 Å². The van der Waals surface area contributed by atoms with Crippen LogP contribution in [0.25, 0.3) is 0 Å². The van der Waals surface area contributed by atoms with Crippen LogP contribution in [0.2, 0.25) is 10.0 Å². The van der Waals surface area contributed by atoms with Gasteiger partial charge in [0.1, 0.15) is 5.76 Å². The van der Waals surface area contributed by atoms with Gasteiger partial charge in [-0.05, 0) is 48.7 Å². The maximum Gasteiger partial charge on any atom is 0.290 e. The number of rotatable bonds is 6. The Kier molecular flexibility index (Phi) is 5.90. The molecule has 0 radical (unpaired) electrons. The summed E-state index contributed by atoms with van der Waals surface area (Å²) in [5, 5.41) is 11.3. The highest BCUT2D eigenvalue weighted by molar-refractivity contribution is 6.42. The minimum Gasteiger partial charge on any atom is -0.503 e. The average molecular weight is 456 g/mol. The van der Waals surface area contributed by atoms with Crippen molar-refractivity contribution in [1.29, 1.82) is 0 Å². The quantitative estimate of drug-likeness (QED) is 0.482. The van der Waals surface area contributed by atoms with E-state index in [0.29, 0.717) is 34.3 Å². The molecule has 0 spiro atoms. The zero-order valence-electron chi connectivity index (χ0n) is 16.6. The van der Waals surface area contributed by atoms with Crippen molar-refractivity contribution in [3.8, 4) is 0 Å². The maximum absolute atomic E-state index is 13.2. The molecular weight excluding hydrogens is 437 g/mol. The third-order valence-electron chi connectivity index (χ3n) is 5.26. The van der Waals surface area contributed by atoms with Gasteiger partial charge in [-0.2, -0.15) is 0 Å². The number of carbonyl (C=O) groups excluding carboxylic acids is 2. The largest absolute Gasteiger partial charge is 0.503 e. The number of aryl methyl sites for hydroxylation is 1. The van der Waals surface area contributed by atoms with Gasteiger partial charge >= 0.3 is 0 Å². The number of hydrogen-bond acceptors (Lipinski definition) is 4. The van der Waals surface area contributed by atoms with Gasteiger partial charge in [-0.1, -0.05) is 59.6 Å². The summed E-state index contributed by atoms with van der Waals surface area (Å²) in [6, 6.07) is 16.9. The highest BCUT2D eigenvalue weighted by atomic mass is 35.5. The van der Waals surface area contributed by atoms with Gasteiger partial charge < -0.3 is 14.4 Å². The van der Waals surface area contributed by atoms with Crippen molar-refractivity contribution in [2.24, 2.45) is 0 Å². The van der Waals surface area contributed by atoms with Crippen LogP contribution in [-0.2, 0) is 11.2 Å². The number of amides is 1. The number of hydrogen-bond donors (Lipinski definition) is 1. The van der Waals surface area contributed by atoms with Gasteiger partial charge in [-0.3, -0.25) is 9.59 Å². The molecule has 2 heterocycles. The lowest BCUT2D eigenvalue weighted by Gasteiger charge is -2.27. The van der Waals surface area contributed by atoms with E-state index < -0.39 is 23.5 Å². The van der Waals surface area contributed by atoms with Gasteiger partial charge in [-0.15, -0.1) is 0 Å².